The molecule has 0 saturated carbocycles. The van der Waals surface area contributed by atoms with Gasteiger partial charge in [0.1, 0.15) is 17.4 Å². The van der Waals surface area contributed by atoms with Gasteiger partial charge in [0.2, 0.25) is 0 Å². The molecule has 0 heterocycles. The van der Waals surface area contributed by atoms with Gasteiger partial charge in [0, 0.05) is 5.02 Å². The number of ether oxygens (including phenoxy) is 3. The monoisotopic (exact) mass is 496 g/mol. The van der Waals surface area contributed by atoms with Crippen molar-refractivity contribution in [1.82, 2.24) is 0 Å². The number of carbonyl (C=O) groups is 2. The molecule has 3 rings (SSSR count). The summed E-state index contributed by atoms with van der Waals surface area (Å²) >= 11 is 12.0. The predicted octanol–water partition coefficient (Wildman–Crippen LogP) is 5.78. The van der Waals surface area contributed by atoms with Gasteiger partial charge in [-0.2, -0.15) is 5.26 Å². The normalized spacial score (nSPS) is 10.7. The molecule has 0 atom stereocenters. The number of nitriles is 1. The Bertz CT molecular complexity index is 1300. The van der Waals surface area contributed by atoms with Crippen molar-refractivity contribution in [3.05, 3.63) is 87.4 Å². The van der Waals surface area contributed by atoms with Gasteiger partial charge in [-0.15, -0.1) is 0 Å². The summed E-state index contributed by atoms with van der Waals surface area (Å²) in [4.78, 5) is 25.0. The molecule has 0 bridgehead atoms. The van der Waals surface area contributed by atoms with Crippen LogP contribution < -0.4 is 19.5 Å². The summed E-state index contributed by atoms with van der Waals surface area (Å²) in [6.07, 6.45) is 1.37. The fraction of sp³-hybridized carbons (Fsp3) is 0.0800. The molecule has 0 aliphatic rings. The van der Waals surface area contributed by atoms with Crippen molar-refractivity contribution < 1.29 is 23.8 Å². The number of anilines is 1. The van der Waals surface area contributed by atoms with E-state index in [0.717, 1.165) is 0 Å². The molecule has 0 aliphatic carbocycles. The van der Waals surface area contributed by atoms with Gasteiger partial charge < -0.3 is 19.5 Å². The van der Waals surface area contributed by atoms with E-state index >= 15 is 0 Å². The summed E-state index contributed by atoms with van der Waals surface area (Å²) in [6, 6.07) is 17.5. The zero-order chi connectivity index (χ0) is 24.7. The maximum absolute atomic E-state index is 12.6. The minimum Gasteiger partial charge on any atom is -0.497 e. The number of hydrogen-bond acceptors (Lipinski definition) is 6. The molecule has 0 unspecified atom stereocenters. The fourth-order valence-corrected chi connectivity index (χ4v) is 3.18. The van der Waals surface area contributed by atoms with Crippen molar-refractivity contribution in [2.24, 2.45) is 0 Å². The Hall–Kier alpha value is -3.99. The molecule has 3 aromatic carbocycles. The van der Waals surface area contributed by atoms with Crippen LogP contribution in [0.5, 0.6) is 17.2 Å². The second-order valence-corrected chi connectivity index (χ2v) is 7.62. The van der Waals surface area contributed by atoms with Crippen LogP contribution >= 0.6 is 23.2 Å². The minimum absolute atomic E-state index is 0.175. The highest BCUT2D eigenvalue weighted by Gasteiger charge is 2.15. The summed E-state index contributed by atoms with van der Waals surface area (Å²) in [5, 5.41) is 12.7. The molecule has 9 heteroatoms. The van der Waals surface area contributed by atoms with Gasteiger partial charge >= 0.3 is 5.97 Å². The lowest BCUT2D eigenvalue weighted by Gasteiger charge is -2.11. The van der Waals surface area contributed by atoms with Gasteiger partial charge in [0.25, 0.3) is 5.91 Å². The number of nitrogens with one attached hydrogen (secondary N) is 1. The topological polar surface area (TPSA) is 97.7 Å². The van der Waals surface area contributed by atoms with Crippen LogP contribution in [0.15, 0.2) is 66.2 Å². The summed E-state index contributed by atoms with van der Waals surface area (Å²) < 4.78 is 15.8. The number of rotatable bonds is 7. The highest BCUT2D eigenvalue weighted by atomic mass is 35.5. The number of amides is 1. The standard InChI is InChI=1S/C25H18Cl2N2O5/c1-32-19-7-4-16(5-8-19)25(31)34-22-10-3-15(12-23(22)33-2)11-17(14-28)24(30)29-21-13-18(26)6-9-20(21)27/h3-13H,1-2H3,(H,29,30)/b17-11+. The second kappa shape index (κ2) is 11.2. The first-order chi connectivity index (χ1) is 16.3. The maximum atomic E-state index is 12.6. The molecular weight excluding hydrogens is 479 g/mol. The van der Waals surface area contributed by atoms with E-state index < -0.39 is 11.9 Å². The lowest BCUT2D eigenvalue weighted by Crippen LogP contribution is -2.13. The van der Waals surface area contributed by atoms with E-state index in [2.05, 4.69) is 5.32 Å². The van der Waals surface area contributed by atoms with E-state index in [9.17, 15) is 14.9 Å². The van der Waals surface area contributed by atoms with E-state index in [1.54, 1.807) is 36.4 Å². The van der Waals surface area contributed by atoms with Crippen LogP contribution in [0.2, 0.25) is 10.0 Å². The number of hydrogen-bond donors (Lipinski definition) is 1. The molecular formula is C25H18Cl2N2O5. The first-order valence-electron chi connectivity index (χ1n) is 9.77. The SMILES string of the molecule is COc1ccc(C(=O)Oc2ccc(/C=C(\C#N)C(=O)Nc3cc(Cl)ccc3Cl)cc2OC)cc1. The van der Waals surface area contributed by atoms with Crippen molar-refractivity contribution >= 4 is 46.8 Å². The smallest absolute Gasteiger partial charge is 0.343 e. The van der Waals surface area contributed by atoms with Crippen LogP contribution in [0.4, 0.5) is 5.69 Å². The second-order valence-electron chi connectivity index (χ2n) is 6.78. The van der Waals surface area contributed by atoms with Crippen molar-refractivity contribution in [2.45, 2.75) is 0 Å². The van der Waals surface area contributed by atoms with Gasteiger partial charge in [0.15, 0.2) is 11.5 Å². The average molecular weight is 497 g/mol. The fourth-order valence-electron chi connectivity index (χ4n) is 2.84. The van der Waals surface area contributed by atoms with Crippen LogP contribution in [0.1, 0.15) is 15.9 Å². The summed E-state index contributed by atoms with van der Waals surface area (Å²) in [5.74, 6) is -0.221. The molecule has 0 fully saturated rings. The summed E-state index contributed by atoms with van der Waals surface area (Å²) in [5.41, 5.74) is 0.902. The first kappa shape index (κ1) is 24.6. The molecule has 0 aliphatic heterocycles. The number of nitrogens with zero attached hydrogens (tertiary/aromatic N) is 1. The zero-order valence-corrected chi connectivity index (χ0v) is 19.6. The molecule has 0 spiro atoms. The number of esters is 1. The van der Waals surface area contributed by atoms with Crippen LogP contribution in [0.25, 0.3) is 6.08 Å². The van der Waals surface area contributed by atoms with Crippen molar-refractivity contribution in [2.75, 3.05) is 19.5 Å². The van der Waals surface area contributed by atoms with Crippen molar-refractivity contribution in [3.8, 4) is 23.3 Å². The number of benzene rings is 3. The lowest BCUT2D eigenvalue weighted by molar-refractivity contribution is -0.112. The summed E-state index contributed by atoms with van der Waals surface area (Å²) in [7, 11) is 2.94. The lowest BCUT2D eigenvalue weighted by atomic mass is 10.1. The molecule has 1 N–H and O–H groups in total. The van der Waals surface area contributed by atoms with Gasteiger partial charge in [-0.05, 0) is 66.2 Å². The third-order valence-electron chi connectivity index (χ3n) is 4.57. The van der Waals surface area contributed by atoms with Crippen LogP contribution in [-0.4, -0.2) is 26.1 Å². The maximum Gasteiger partial charge on any atom is 0.343 e. The van der Waals surface area contributed by atoms with E-state index in [0.29, 0.717) is 21.9 Å². The van der Waals surface area contributed by atoms with Gasteiger partial charge in [-0.3, -0.25) is 4.79 Å². The number of carbonyl (C=O) groups excluding carboxylic acids is 2. The van der Waals surface area contributed by atoms with E-state index in [4.69, 9.17) is 37.4 Å². The third kappa shape index (κ3) is 6.07. The molecule has 172 valence electrons. The van der Waals surface area contributed by atoms with E-state index in [1.165, 1.54) is 44.6 Å². The minimum atomic E-state index is -0.666. The zero-order valence-electron chi connectivity index (χ0n) is 18.1. The molecule has 34 heavy (non-hydrogen) atoms. The highest BCUT2D eigenvalue weighted by Crippen LogP contribution is 2.30. The van der Waals surface area contributed by atoms with Crippen LogP contribution in [0.3, 0.4) is 0 Å². The Labute approximate surface area is 206 Å². The predicted molar refractivity (Wildman–Crippen MR) is 130 cm³/mol. The quantitative estimate of drug-likeness (QED) is 0.193. The highest BCUT2D eigenvalue weighted by molar-refractivity contribution is 6.36. The van der Waals surface area contributed by atoms with Crippen LogP contribution in [0, 0.1) is 11.3 Å². The van der Waals surface area contributed by atoms with Gasteiger partial charge in [-0.25, -0.2) is 4.79 Å². The molecule has 3 aromatic rings. The van der Waals surface area contributed by atoms with E-state index in [-0.39, 0.29) is 27.8 Å². The van der Waals surface area contributed by atoms with Crippen molar-refractivity contribution in [3.63, 3.8) is 0 Å². The molecule has 1 amide bonds. The first-order valence-corrected chi connectivity index (χ1v) is 10.5. The molecule has 7 nitrogen and oxygen atoms in total. The van der Waals surface area contributed by atoms with Gasteiger partial charge in [-0.1, -0.05) is 29.3 Å². The summed E-state index contributed by atoms with van der Waals surface area (Å²) in [6.45, 7) is 0. The van der Waals surface area contributed by atoms with E-state index in [1.807, 2.05) is 6.07 Å². The molecule has 0 radical (unpaired) electrons. The Morgan fingerprint density at radius 1 is 0.941 bits per heavy atom. The Morgan fingerprint density at radius 2 is 1.68 bits per heavy atom. The largest absolute Gasteiger partial charge is 0.497 e. The molecule has 0 aromatic heterocycles. The van der Waals surface area contributed by atoms with Crippen LogP contribution in [-0.2, 0) is 4.79 Å². The Balaban J connectivity index is 1.80. The van der Waals surface area contributed by atoms with Crippen molar-refractivity contribution in [1.29, 1.82) is 5.26 Å². The number of methoxy groups -OCH3 is 2. The number of halogens is 2. The Kier molecular flexibility index (Phi) is 8.14. The van der Waals surface area contributed by atoms with Gasteiger partial charge in [0.05, 0.1) is 30.5 Å². The Morgan fingerprint density at radius 3 is 2.32 bits per heavy atom. The average Bonchev–Trinajstić information content (AvgIpc) is 2.85. The third-order valence-corrected chi connectivity index (χ3v) is 5.13. The molecule has 0 saturated heterocycles.